The maximum atomic E-state index is 11.0. The van der Waals surface area contributed by atoms with Gasteiger partial charge in [0, 0.05) is 17.7 Å². The lowest BCUT2D eigenvalue weighted by Crippen LogP contribution is -2.09. The summed E-state index contributed by atoms with van der Waals surface area (Å²) in [6, 6.07) is 0. The van der Waals surface area contributed by atoms with Gasteiger partial charge in [-0.05, 0) is 12.8 Å². The first-order valence-electron chi connectivity index (χ1n) is 4.67. The molecule has 2 rings (SSSR count). The van der Waals surface area contributed by atoms with Crippen LogP contribution >= 0.6 is 11.3 Å². The Morgan fingerprint density at radius 1 is 1.71 bits per heavy atom. The Labute approximate surface area is 86.8 Å². The highest BCUT2D eigenvalue weighted by molar-refractivity contribution is 7.09. The highest BCUT2D eigenvalue weighted by Gasteiger charge is 2.46. The number of aliphatic hydroxyl groups is 1. The van der Waals surface area contributed by atoms with Crippen molar-refractivity contribution in [1.82, 2.24) is 4.98 Å². The minimum Gasteiger partial charge on any atom is -0.385 e. The number of aliphatic hydroxyl groups excluding tert-OH is 1. The van der Waals surface area contributed by atoms with Crippen LogP contribution in [0.5, 0.6) is 0 Å². The Bertz CT molecular complexity index is 368. The fourth-order valence-electron chi connectivity index (χ4n) is 1.34. The molecule has 0 saturated heterocycles. The molecule has 1 aromatic rings. The lowest BCUT2D eigenvalue weighted by atomic mass is 10.0. The van der Waals surface area contributed by atoms with Crippen molar-refractivity contribution in [1.29, 1.82) is 0 Å². The summed E-state index contributed by atoms with van der Waals surface area (Å²) < 4.78 is 0. The van der Waals surface area contributed by atoms with Crippen LogP contribution in [-0.2, 0) is 0 Å². The zero-order chi connectivity index (χ0) is 10.3. The van der Waals surface area contributed by atoms with Gasteiger partial charge in [-0.1, -0.05) is 6.92 Å². The molecule has 0 aromatic carbocycles. The van der Waals surface area contributed by atoms with Crippen LogP contribution < -0.4 is 0 Å². The molecule has 1 heterocycles. The molecule has 76 valence electrons. The summed E-state index contributed by atoms with van der Waals surface area (Å²) in [7, 11) is 0. The molecular formula is C10H13NO2S. The summed E-state index contributed by atoms with van der Waals surface area (Å²) in [6.45, 7) is 3.54. The molecule has 0 spiro atoms. The number of thiazole rings is 1. The first kappa shape index (κ1) is 9.80. The minimum atomic E-state index is -0.499. The summed E-state index contributed by atoms with van der Waals surface area (Å²) >= 11 is 1.37. The van der Waals surface area contributed by atoms with E-state index in [1.165, 1.54) is 18.3 Å². The van der Waals surface area contributed by atoms with E-state index >= 15 is 0 Å². The summed E-state index contributed by atoms with van der Waals surface area (Å²) in [5.74, 6) is -0.0411. The number of rotatable bonds is 3. The molecule has 1 fully saturated rings. The monoisotopic (exact) mass is 211 g/mol. The van der Waals surface area contributed by atoms with Crippen molar-refractivity contribution in [2.45, 2.75) is 32.8 Å². The molecule has 1 aromatic heterocycles. The van der Waals surface area contributed by atoms with Crippen LogP contribution in [0, 0.1) is 5.41 Å². The van der Waals surface area contributed by atoms with Gasteiger partial charge in [-0.25, -0.2) is 4.98 Å². The van der Waals surface area contributed by atoms with E-state index in [2.05, 4.69) is 4.98 Å². The van der Waals surface area contributed by atoms with Crippen molar-refractivity contribution in [3.05, 3.63) is 16.1 Å². The highest BCUT2D eigenvalue weighted by atomic mass is 32.1. The standard InChI is InChI=1S/C10H13NO2S/c1-6(12)7-5-14-9(11-7)8(13)10(2)3-4-10/h5,8,13H,3-4H2,1-2H3. The lowest BCUT2D eigenvalue weighted by Gasteiger charge is -2.13. The molecule has 14 heavy (non-hydrogen) atoms. The average molecular weight is 211 g/mol. The number of Topliss-reactive ketones (excluding diaryl/α,β-unsaturated/α-hetero) is 1. The fraction of sp³-hybridized carbons (Fsp3) is 0.600. The Hall–Kier alpha value is -0.740. The van der Waals surface area contributed by atoms with E-state index in [4.69, 9.17) is 0 Å². The second-order valence-electron chi connectivity index (χ2n) is 4.18. The molecule has 0 radical (unpaired) electrons. The number of ketones is 1. The highest BCUT2D eigenvalue weighted by Crippen LogP contribution is 2.54. The first-order valence-corrected chi connectivity index (χ1v) is 5.55. The maximum Gasteiger partial charge on any atom is 0.178 e. The molecule has 1 aliphatic carbocycles. The zero-order valence-corrected chi connectivity index (χ0v) is 9.10. The van der Waals surface area contributed by atoms with Gasteiger partial charge in [-0.3, -0.25) is 4.79 Å². The van der Waals surface area contributed by atoms with E-state index in [1.807, 2.05) is 6.92 Å². The topological polar surface area (TPSA) is 50.2 Å². The van der Waals surface area contributed by atoms with Gasteiger partial charge in [0.2, 0.25) is 0 Å². The predicted octanol–water partition coefficient (Wildman–Crippen LogP) is 2.18. The van der Waals surface area contributed by atoms with E-state index < -0.39 is 6.10 Å². The summed E-state index contributed by atoms with van der Waals surface area (Å²) in [4.78, 5) is 15.1. The minimum absolute atomic E-state index is 0.00587. The van der Waals surface area contributed by atoms with E-state index in [9.17, 15) is 9.90 Å². The van der Waals surface area contributed by atoms with Gasteiger partial charge in [0.1, 0.15) is 16.8 Å². The predicted molar refractivity (Wildman–Crippen MR) is 54.4 cm³/mol. The first-order chi connectivity index (χ1) is 6.53. The lowest BCUT2D eigenvalue weighted by molar-refractivity contribution is 0.0992. The van der Waals surface area contributed by atoms with E-state index in [1.54, 1.807) is 5.38 Å². The smallest absolute Gasteiger partial charge is 0.178 e. The van der Waals surface area contributed by atoms with Crippen molar-refractivity contribution in [3.63, 3.8) is 0 Å². The van der Waals surface area contributed by atoms with Gasteiger partial charge < -0.3 is 5.11 Å². The second kappa shape index (κ2) is 3.14. The van der Waals surface area contributed by atoms with E-state index in [-0.39, 0.29) is 11.2 Å². The molecule has 0 amide bonds. The SMILES string of the molecule is CC(=O)c1csc(C(O)C2(C)CC2)n1. The van der Waals surface area contributed by atoms with Gasteiger partial charge in [-0.15, -0.1) is 11.3 Å². The van der Waals surface area contributed by atoms with Gasteiger partial charge >= 0.3 is 0 Å². The van der Waals surface area contributed by atoms with Crippen LogP contribution in [0.1, 0.15) is 48.3 Å². The number of aromatic nitrogens is 1. The third-order valence-electron chi connectivity index (χ3n) is 2.82. The third kappa shape index (κ3) is 1.60. The van der Waals surface area contributed by atoms with Crippen LogP contribution in [0.4, 0.5) is 0 Å². The number of hydrogen-bond donors (Lipinski definition) is 1. The number of carbonyl (C=O) groups is 1. The molecule has 0 aliphatic heterocycles. The molecule has 1 aliphatic rings. The number of hydrogen-bond acceptors (Lipinski definition) is 4. The van der Waals surface area contributed by atoms with Crippen molar-refractivity contribution in [3.8, 4) is 0 Å². The average Bonchev–Trinajstić information content (AvgIpc) is 2.69. The van der Waals surface area contributed by atoms with Gasteiger partial charge in [0.25, 0.3) is 0 Å². The Morgan fingerprint density at radius 3 is 2.79 bits per heavy atom. The van der Waals surface area contributed by atoms with E-state index in [0.717, 1.165) is 12.8 Å². The zero-order valence-electron chi connectivity index (χ0n) is 8.28. The molecular weight excluding hydrogens is 198 g/mol. The molecule has 3 nitrogen and oxygen atoms in total. The maximum absolute atomic E-state index is 11.0. The van der Waals surface area contributed by atoms with Crippen molar-refractivity contribution < 1.29 is 9.90 Å². The second-order valence-corrected chi connectivity index (χ2v) is 5.07. The number of nitrogens with zero attached hydrogens (tertiary/aromatic N) is 1. The summed E-state index contributed by atoms with van der Waals surface area (Å²) in [5, 5.41) is 12.3. The van der Waals surface area contributed by atoms with Crippen LogP contribution in [0.25, 0.3) is 0 Å². The quantitative estimate of drug-likeness (QED) is 0.779. The van der Waals surface area contributed by atoms with Gasteiger partial charge in [0.15, 0.2) is 5.78 Å². The van der Waals surface area contributed by atoms with Crippen LogP contribution in [0.15, 0.2) is 5.38 Å². The largest absolute Gasteiger partial charge is 0.385 e. The van der Waals surface area contributed by atoms with Gasteiger partial charge in [-0.2, -0.15) is 0 Å². The molecule has 1 atom stereocenters. The fourth-order valence-corrected chi connectivity index (χ4v) is 2.36. The van der Waals surface area contributed by atoms with Crippen molar-refractivity contribution in [2.75, 3.05) is 0 Å². The van der Waals surface area contributed by atoms with Crippen LogP contribution in [0.3, 0.4) is 0 Å². The summed E-state index contributed by atoms with van der Waals surface area (Å²) in [6.07, 6.45) is 1.59. The van der Waals surface area contributed by atoms with Crippen LogP contribution in [-0.4, -0.2) is 15.9 Å². The Kier molecular flexibility index (Phi) is 2.20. The third-order valence-corrected chi connectivity index (χ3v) is 3.71. The van der Waals surface area contributed by atoms with Crippen molar-refractivity contribution in [2.24, 2.45) is 5.41 Å². The summed E-state index contributed by atoms with van der Waals surface area (Å²) in [5.41, 5.74) is 0.472. The van der Waals surface area contributed by atoms with Crippen molar-refractivity contribution >= 4 is 17.1 Å². The molecule has 1 saturated carbocycles. The number of carbonyl (C=O) groups excluding carboxylic acids is 1. The molecule has 4 heteroatoms. The molecule has 1 unspecified atom stereocenters. The Balaban J connectivity index is 2.20. The van der Waals surface area contributed by atoms with Crippen LogP contribution in [0.2, 0.25) is 0 Å². The Morgan fingerprint density at radius 2 is 2.36 bits per heavy atom. The molecule has 1 N–H and O–H groups in total. The van der Waals surface area contributed by atoms with E-state index in [0.29, 0.717) is 10.7 Å². The van der Waals surface area contributed by atoms with Gasteiger partial charge in [0.05, 0.1) is 0 Å². The molecule has 0 bridgehead atoms. The normalized spacial score (nSPS) is 20.5.